The highest BCUT2D eigenvalue weighted by molar-refractivity contribution is 7.92. The van der Waals surface area contributed by atoms with Gasteiger partial charge in [0, 0.05) is 30.2 Å². The van der Waals surface area contributed by atoms with E-state index in [1.165, 1.54) is 6.07 Å². The highest BCUT2D eigenvalue weighted by atomic mass is 32.2. The van der Waals surface area contributed by atoms with Crippen molar-refractivity contribution in [2.45, 2.75) is 56.5 Å². The molecule has 1 aromatic carbocycles. The number of carbonyl (C=O) groups is 1. The van der Waals surface area contributed by atoms with Crippen molar-refractivity contribution in [2.24, 2.45) is 0 Å². The Hall–Kier alpha value is -4.00. The Balaban J connectivity index is 1.21. The summed E-state index contributed by atoms with van der Waals surface area (Å²) in [7, 11) is -4.27. The number of halogens is 1. The molecule has 2 aliphatic rings. The van der Waals surface area contributed by atoms with Gasteiger partial charge in [0.2, 0.25) is 15.3 Å². The number of anilines is 1. The second-order valence-corrected chi connectivity index (χ2v) is 13.1. The van der Waals surface area contributed by atoms with Crippen molar-refractivity contribution >= 4 is 32.5 Å². The van der Waals surface area contributed by atoms with Gasteiger partial charge in [0.15, 0.2) is 0 Å². The normalized spacial score (nSPS) is 21.7. The summed E-state index contributed by atoms with van der Waals surface area (Å²) in [5.41, 5.74) is 1.55. The predicted molar refractivity (Wildman–Crippen MR) is 159 cm³/mol. The zero-order chi connectivity index (χ0) is 30.3. The lowest BCUT2D eigenvalue weighted by Gasteiger charge is -2.36. The molecule has 1 amide bonds. The van der Waals surface area contributed by atoms with Gasteiger partial charge in [0.05, 0.1) is 59.5 Å². The highest BCUT2D eigenvalue weighted by Gasteiger charge is 2.34. The van der Waals surface area contributed by atoms with Gasteiger partial charge in [-0.3, -0.25) is 9.78 Å². The fraction of sp³-hybridized carbons (Fsp3) is 0.355. The Labute approximate surface area is 249 Å². The molecular formula is C31H32FN5O5S. The lowest BCUT2D eigenvalue weighted by molar-refractivity contribution is -0.00545. The van der Waals surface area contributed by atoms with Gasteiger partial charge in [-0.15, -0.1) is 0 Å². The summed E-state index contributed by atoms with van der Waals surface area (Å²) >= 11 is 0. The Morgan fingerprint density at radius 3 is 2.63 bits per heavy atom. The number of aromatic nitrogens is 3. The van der Waals surface area contributed by atoms with Crippen molar-refractivity contribution in [2.75, 3.05) is 24.6 Å². The standard InChI is InChI=1S/C31H32FN5O5S/c1-18-9-22(10-28-24(18)16-41-17-29(32)43(28,39)40)31(38)34-13-23-11-27-21(12-33-23)7-8-26(35-27)25-5-4-6-30(36-25)37-14-19(2)42-20(3)15-37/h4-12,19-20,29H,13-17H2,1-3H3,(H,34,38)/t19-,20+,29-/m1/s1. The number of carbonyl (C=O) groups excluding carboxylic acids is 1. The van der Waals surface area contributed by atoms with Crippen LogP contribution in [-0.4, -0.2) is 66.7 Å². The molecule has 4 aromatic rings. The van der Waals surface area contributed by atoms with Crippen LogP contribution < -0.4 is 10.2 Å². The van der Waals surface area contributed by atoms with Crippen molar-refractivity contribution in [3.8, 4) is 11.4 Å². The van der Waals surface area contributed by atoms with Crippen LogP contribution in [0.15, 0.2) is 59.6 Å². The van der Waals surface area contributed by atoms with Gasteiger partial charge in [-0.1, -0.05) is 6.07 Å². The maximum atomic E-state index is 14.3. The number of hydrogen-bond acceptors (Lipinski definition) is 9. The molecule has 1 N–H and O–H groups in total. The van der Waals surface area contributed by atoms with Crippen molar-refractivity contribution in [3.63, 3.8) is 0 Å². The van der Waals surface area contributed by atoms with Gasteiger partial charge in [-0.25, -0.2) is 22.8 Å². The average molecular weight is 606 g/mol. The van der Waals surface area contributed by atoms with Crippen LogP contribution in [-0.2, 0) is 32.5 Å². The molecule has 0 radical (unpaired) electrons. The third-order valence-electron chi connectivity index (χ3n) is 7.63. The molecule has 5 heterocycles. The van der Waals surface area contributed by atoms with Crippen molar-refractivity contribution in [3.05, 3.63) is 77.1 Å². The van der Waals surface area contributed by atoms with Gasteiger partial charge in [0.25, 0.3) is 5.91 Å². The summed E-state index contributed by atoms with van der Waals surface area (Å²) in [5.74, 6) is 0.368. The van der Waals surface area contributed by atoms with Crippen LogP contribution in [0.1, 0.15) is 41.0 Å². The predicted octanol–water partition coefficient (Wildman–Crippen LogP) is 4.14. The monoisotopic (exact) mass is 605 g/mol. The van der Waals surface area contributed by atoms with Crippen molar-refractivity contribution < 1.29 is 27.1 Å². The van der Waals surface area contributed by atoms with Crippen molar-refractivity contribution in [1.82, 2.24) is 20.3 Å². The average Bonchev–Trinajstić information content (AvgIpc) is 3.10. The fourth-order valence-electron chi connectivity index (χ4n) is 5.51. The molecule has 0 bridgehead atoms. The summed E-state index contributed by atoms with van der Waals surface area (Å²) in [5, 5.41) is 3.62. The van der Waals surface area contributed by atoms with E-state index in [4.69, 9.17) is 19.4 Å². The zero-order valence-corrected chi connectivity index (χ0v) is 24.9. The lowest BCUT2D eigenvalue weighted by Crippen LogP contribution is -2.45. The summed E-state index contributed by atoms with van der Waals surface area (Å²) < 4.78 is 50.7. The molecule has 2 aliphatic heterocycles. The Morgan fingerprint density at radius 2 is 1.84 bits per heavy atom. The van der Waals surface area contributed by atoms with E-state index in [-0.39, 0.29) is 35.8 Å². The molecule has 1 fully saturated rings. The first-order valence-corrected chi connectivity index (χ1v) is 15.6. The number of aryl methyl sites for hydroxylation is 1. The van der Waals surface area contributed by atoms with Crippen LogP contribution in [0.5, 0.6) is 0 Å². The molecule has 3 aromatic heterocycles. The van der Waals surface area contributed by atoms with Crippen LogP contribution >= 0.6 is 0 Å². The van der Waals surface area contributed by atoms with Gasteiger partial charge in [-0.05, 0) is 74.4 Å². The number of benzene rings is 1. The van der Waals surface area contributed by atoms with E-state index in [1.807, 2.05) is 30.3 Å². The summed E-state index contributed by atoms with van der Waals surface area (Å²) in [6.07, 6.45) is 1.92. The molecule has 0 spiro atoms. The van der Waals surface area contributed by atoms with E-state index in [2.05, 4.69) is 29.0 Å². The molecule has 43 heavy (non-hydrogen) atoms. The number of alkyl halides is 1. The maximum Gasteiger partial charge on any atom is 0.251 e. The lowest BCUT2D eigenvalue weighted by atomic mass is 10.0. The van der Waals surface area contributed by atoms with E-state index in [1.54, 1.807) is 25.3 Å². The topological polar surface area (TPSA) is 124 Å². The minimum Gasteiger partial charge on any atom is -0.373 e. The van der Waals surface area contributed by atoms with Gasteiger partial charge in [-0.2, -0.15) is 0 Å². The van der Waals surface area contributed by atoms with E-state index >= 15 is 0 Å². The van der Waals surface area contributed by atoms with Crippen molar-refractivity contribution in [1.29, 1.82) is 0 Å². The molecule has 3 atom stereocenters. The smallest absolute Gasteiger partial charge is 0.251 e. The number of hydrogen-bond donors (Lipinski definition) is 1. The first-order chi connectivity index (χ1) is 20.6. The van der Waals surface area contributed by atoms with Crippen LogP contribution in [0.25, 0.3) is 22.3 Å². The minimum absolute atomic E-state index is 0.0375. The van der Waals surface area contributed by atoms with E-state index in [0.717, 1.165) is 30.0 Å². The number of pyridine rings is 3. The van der Waals surface area contributed by atoms with Gasteiger partial charge >= 0.3 is 0 Å². The molecule has 1 saturated heterocycles. The number of sulfone groups is 1. The quantitative estimate of drug-likeness (QED) is 0.357. The third-order valence-corrected chi connectivity index (χ3v) is 9.42. The number of ether oxygens (including phenoxy) is 2. The number of nitrogens with zero attached hydrogens (tertiary/aromatic N) is 4. The SMILES string of the molecule is Cc1cc(C(=O)NCc2cc3nc(-c4cccc(N5C[C@@H](C)O[C@@H](C)C5)n4)ccc3cn2)cc2c1COC[C@H](F)S2(=O)=O. The zero-order valence-electron chi connectivity index (χ0n) is 24.1. The second-order valence-electron chi connectivity index (χ2n) is 11.0. The van der Waals surface area contributed by atoms with Gasteiger partial charge < -0.3 is 19.7 Å². The second kappa shape index (κ2) is 11.6. The Bertz CT molecular complexity index is 1810. The fourth-order valence-corrected chi connectivity index (χ4v) is 6.92. The minimum atomic E-state index is -4.27. The molecule has 10 nitrogen and oxygen atoms in total. The molecule has 0 unspecified atom stereocenters. The van der Waals surface area contributed by atoms with E-state index < -0.39 is 27.9 Å². The molecule has 0 aliphatic carbocycles. The highest BCUT2D eigenvalue weighted by Crippen LogP contribution is 2.30. The molecule has 224 valence electrons. The Morgan fingerprint density at radius 1 is 1.07 bits per heavy atom. The first kappa shape index (κ1) is 29.1. The summed E-state index contributed by atoms with van der Waals surface area (Å²) in [6.45, 7) is 6.81. The largest absolute Gasteiger partial charge is 0.373 e. The van der Waals surface area contributed by atoms with Crippen LogP contribution in [0.2, 0.25) is 0 Å². The number of morpholine rings is 1. The van der Waals surface area contributed by atoms with E-state index in [9.17, 15) is 17.6 Å². The summed E-state index contributed by atoms with van der Waals surface area (Å²) in [4.78, 5) is 29.2. The first-order valence-electron chi connectivity index (χ1n) is 14.1. The van der Waals surface area contributed by atoms with Crippen LogP contribution in [0, 0.1) is 6.92 Å². The molecule has 0 saturated carbocycles. The van der Waals surface area contributed by atoms with E-state index in [0.29, 0.717) is 28.0 Å². The maximum absolute atomic E-state index is 14.3. The number of fused-ring (bicyclic) bond motifs is 2. The Kier molecular flexibility index (Phi) is 7.84. The van der Waals surface area contributed by atoms with Crippen LogP contribution in [0.3, 0.4) is 0 Å². The number of nitrogens with one attached hydrogen (secondary N) is 1. The third kappa shape index (κ3) is 5.95. The van der Waals surface area contributed by atoms with Crippen LogP contribution in [0.4, 0.5) is 10.2 Å². The van der Waals surface area contributed by atoms with Gasteiger partial charge in [0.1, 0.15) is 5.82 Å². The number of rotatable bonds is 5. The molecule has 6 rings (SSSR count). The summed E-state index contributed by atoms with van der Waals surface area (Å²) in [6, 6.07) is 14.3. The molecular weight excluding hydrogens is 573 g/mol. The number of amides is 1. The molecule has 12 heteroatoms.